The van der Waals surface area contributed by atoms with Crippen LogP contribution in [0.1, 0.15) is 11.1 Å². The summed E-state index contributed by atoms with van der Waals surface area (Å²) in [5.74, 6) is 0.634. The molecule has 0 aliphatic rings. The van der Waals surface area contributed by atoms with Crippen LogP contribution in [0.25, 0.3) is 17.1 Å². The van der Waals surface area contributed by atoms with Gasteiger partial charge in [0.05, 0.1) is 12.0 Å². The first kappa shape index (κ1) is 21.8. The van der Waals surface area contributed by atoms with E-state index in [1.54, 1.807) is 18.3 Å². The Hall–Kier alpha value is -3.42. The molecule has 0 unspecified atom stereocenters. The highest BCUT2D eigenvalue weighted by Crippen LogP contribution is 2.28. The number of hydrogen-bond acceptors (Lipinski definition) is 5. The molecule has 1 aromatic heterocycles. The van der Waals surface area contributed by atoms with Crippen LogP contribution in [0, 0.1) is 6.92 Å². The summed E-state index contributed by atoms with van der Waals surface area (Å²) in [6, 6.07) is 25.1. The molecular formula is C24H20ClN5OS. The summed E-state index contributed by atoms with van der Waals surface area (Å²) in [5, 5.41) is 14.0. The second-order valence-electron chi connectivity index (χ2n) is 6.98. The minimum atomic E-state index is -0.236. The van der Waals surface area contributed by atoms with Crippen molar-refractivity contribution in [3.8, 4) is 17.1 Å². The Kier molecular flexibility index (Phi) is 6.99. The van der Waals surface area contributed by atoms with Crippen molar-refractivity contribution in [3.63, 3.8) is 0 Å². The standard InChI is InChI=1S/C24H20ClN5OS/c1-17-7-13-21(14-8-17)30-23(19-5-3-2-4-6-19)28-29-24(30)32-16-22(31)27-26-15-18-9-11-20(25)12-10-18/h2-15H,16H2,1H3,(H,27,31)/b26-15+. The van der Waals surface area contributed by atoms with Gasteiger partial charge in [0.1, 0.15) is 0 Å². The number of halogens is 1. The van der Waals surface area contributed by atoms with Gasteiger partial charge in [-0.2, -0.15) is 5.10 Å². The number of hydrogen-bond donors (Lipinski definition) is 1. The molecule has 1 amide bonds. The molecule has 8 heteroatoms. The Morgan fingerprint density at radius 1 is 1.03 bits per heavy atom. The molecule has 0 saturated carbocycles. The summed E-state index contributed by atoms with van der Waals surface area (Å²) >= 11 is 7.17. The average molecular weight is 462 g/mol. The van der Waals surface area contributed by atoms with Gasteiger partial charge in [0.2, 0.25) is 0 Å². The van der Waals surface area contributed by atoms with E-state index < -0.39 is 0 Å². The third-order valence-corrected chi connectivity index (χ3v) is 5.74. The van der Waals surface area contributed by atoms with Crippen molar-refractivity contribution in [2.75, 3.05) is 5.75 Å². The van der Waals surface area contributed by atoms with Gasteiger partial charge < -0.3 is 0 Å². The Balaban J connectivity index is 1.49. The van der Waals surface area contributed by atoms with Crippen LogP contribution in [0.4, 0.5) is 0 Å². The molecule has 1 N–H and O–H groups in total. The van der Waals surface area contributed by atoms with Crippen LogP contribution in [0.3, 0.4) is 0 Å². The van der Waals surface area contributed by atoms with E-state index in [9.17, 15) is 4.79 Å². The maximum atomic E-state index is 12.3. The molecule has 4 aromatic rings. The van der Waals surface area contributed by atoms with Crippen LogP contribution in [-0.2, 0) is 4.79 Å². The maximum absolute atomic E-state index is 12.3. The number of aromatic nitrogens is 3. The Morgan fingerprint density at radius 2 is 1.75 bits per heavy atom. The number of thioether (sulfide) groups is 1. The number of carbonyl (C=O) groups is 1. The maximum Gasteiger partial charge on any atom is 0.250 e. The minimum absolute atomic E-state index is 0.150. The zero-order valence-corrected chi connectivity index (χ0v) is 18.8. The summed E-state index contributed by atoms with van der Waals surface area (Å²) in [7, 11) is 0. The molecule has 0 spiro atoms. The minimum Gasteiger partial charge on any atom is -0.272 e. The van der Waals surface area contributed by atoms with Crippen molar-refractivity contribution in [1.82, 2.24) is 20.2 Å². The molecule has 4 rings (SSSR count). The molecule has 6 nitrogen and oxygen atoms in total. The van der Waals surface area contributed by atoms with Crippen LogP contribution in [-0.4, -0.2) is 32.6 Å². The largest absolute Gasteiger partial charge is 0.272 e. The number of hydrazone groups is 1. The molecule has 0 radical (unpaired) electrons. The van der Waals surface area contributed by atoms with Gasteiger partial charge in [-0.3, -0.25) is 9.36 Å². The summed E-state index contributed by atoms with van der Waals surface area (Å²) in [6.45, 7) is 2.04. The lowest BCUT2D eigenvalue weighted by molar-refractivity contribution is -0.118. The van der Waals surface area contributed by atoms with Crippen molar-refractivity contribution < 1.29 is 4.79 Å². The fourth-order valence-corrected chi connectivity index (χ4v) is 3.82. The third kappa shape index (κ3) is 5.43. The first-order chi connectivity index (χ1) is 15.6. The molecule has 0 aliphatic heterocycles. The fraction of sp³-hybridized carbons (Fsp3) is 0.0833. The topological polar surface area (TPSA) is 72.2 Å². The molecule has 0 atom stereocenters. The van der Waals surface area contributed by atoms with Gasteiger partial charge in [-0.1, -0.05) is 83.5 Å². The highest BCUT2D eigenvalue weighted by Gasteiger charge is 2.17. The van der Waals surface area contributed by atoms with Crippen LogP contribution in [0.2, 0.25) is 5.02 Å². The SMILES string of the molecule is Cc1ccc(-n2c(SCC(=O)N/N=C/c3ccc(Cl)cc3)nnc2-c2ccccc2)cc1. The number of rotatable bonds is 7. The molecule has 0 aliphatic carbocycles. The molecule has 3 aromatic carbocycles. The molecule has 32 heavy (non-hydrogen) atoms. The smallest absolute Gasteiger partial charge is 0.250 e. The number of nitrogens with zero attached hydrogens (tertiary/aromatic N) is 4. The van der Waals surface area contributed by atoms with Crippen molar-refractivity contribution in [3.05, 3.63) is 95.0 Å². The van der Waals surface area contributed by atoms with Gasteiger partial charge in [-0.25, -0.2) is 5.43 Å². The number of benzene rings is 3. The lowest BCUT2D eigenvalue weighted by Crippen LogP contribution is -2.20. The molecule has 0 saturated heterocycles. The van der Waals surface area contributed by atoms with E-state index in [-0.39, 0.29) is 11.7 Å². The lowest BCUT2D eigenvalue weighted by Gasteiger charge is -2.10. The highest BCUT2D eigenvalue weighted by atomic mass is 35.5. The average Bonchev–Trinajstić information content (AvgIpc) is 3.24. The molecule has 0 fully saturated rings. The Labute approximate surface area is 195 Å². The molecule has 1 heterocycles. The van der Waals surface area contributed by atoms with Gasteiger partial charge >= 0.3 is 0 Å². The number of aryl methyl sites for hydroxylation is 1. The molecular weight excluding hydrogens is 442 g/mol. The summed E-state index contributed by atoms with van der Waals surface area (Å²) in [5.41, 5.74) is 6.43. The number of carbonyl (C=O) groups excluding carboxylic acids is 1. The Bertz CT molecular complexity index is 1220. The quantitative estimate of drug-likeness (QED) is 0.235. The van der Waals surface area contributed by atoms with E-state index in [4.69, 9.17) is 11.6 Å². The van der Waals surface area contributed by atoms with E-state index in [2.05, 4.69) is 20.7 Å². The van der Waals surface area contributed by atoms with Gasteiger partial charge in [0.25, 0.3) is 5.91 Å². The van der Waals surface area contributed by atoms with E-state index in [1.165, 1.54) is 11.8 Å². The highest BCUT2D eigenvalue weighted by molar-refractivity contribution is 7.99. The van der Waals surface area contributed by atoms with Gasteiger partial charge in [-0.05, 0) is 36.8 Å². The first-order valence-electron chi connectivity index (χ1n) is 9.88. The van der Waals surface area contributed by atoms with E-state index >= 15 is 0 Å². The van der Waals surface area contributed by atoms with Crippen molar-refractivity contribution >= 4 is 35.5 Å². The van der Waals surface area contributed by atoms with Crippen LogP contribution < -0.4 is 5.43 Å². The van der Waals surface area contributed by atoms with Crippen molar-refractivity contribution in [2.45, 2.75) is 12.1 Å². The Morgan fingerprint density at radius 3 is 2.47 bits per heavy atom. The molecule has 0 bridgehead atoms. The third-order valence-electron chi connectivity index (χ3n) is 4.56. The molecule has 160 valence electrons. The predicted molar refractivity (Wildman–Crippen MR) is 129 cm³/mol. The number of amides is 1. The second kappa shape index (κ2) is 10.3. The second-order valence-corrected chi connectivity index (χ2v) is 8.36. The van der Waals surface area contributed by atoms with Gasteiger partial charge in [-0.15, -0.1) is 10.2 Å². The summed E-state index contributed by atoms with van der Waals surface area (Å²) < 4.78 is 1.96. The zero-order chi connectivity index (χ0) is 22.3. The van der Waals surface area contributed by atoms with E-state index in [1.807, 2.05) is 78.2 Å². The zero-order valence-electron chi connectivity index (χ0n) is 17.3. The van der Waals surface area contributed by atoms with E-state index in [0.29, 0.717) is 10.2 Å². The predicted octanol–water partition coefficient (Wildman–Crippen LogP) is 5.14. The fourth-order valence-electron chi connectivity index (χ4n) is 2.95. The van der Waals surface area contributed by atoms with Gasteiger partial charge in [0, 0.05) is 16.3 Å². The van der Waals surface area contributed by atoms with Crippen molar-refractivity contribution in [1.29, 1.82) is 0 Å². The lowest BCUT2D eigenvalue weighted by atomic mass is 10.2. The van der Waals surface area contributed by atoms with Crippen molar-refractivity contribution in [2.24, 2.45) is 5.10 Å². The van der Waals surface area contributed by atoms with E-state index in [0.717, 1.165) is 28.2 Å². The van der Waals surface area contributed by atoms with Gasteiger partial charge in [0.15, 0.2) is 11.0 Å². The normalized spacial score (nSPS) is 11.1. The number of nitrogens with one attached hydrogen (secondary N) is 1. The monoisotopic (exact) mass is 461 g/mol. The van der Waals surface area contributed by atoms with Crippen LogP contribution >= 0.6 is 23.4 Å². The summed E-state index contributed by atoms with van der Waals surface area (Å²) in [4.78, 5) is 12.3. The summed E-state index contributed by atoms with van der Waals surface area (Å²) in [6.07, 6.45) is 1.57. The van der Waals surface area contributed by atoms with Crippen LogP contribution in [0.15, 0.2) is 89.1 Å². The van der Waals surface area contributed by atoms with Crippen LogP contribution in [0.5, 0.6) is 0 Å². The first-order valence-corrected chi connectivity index (χ1v) is 11.2.